The van der Waals surface area contributed by atoms with Gasteiger partial charge in [-0.2, -0.15) is 0 Å². The summed E-state index contributed by atoms with van der Waals surface area (Å²) in [5.41, 5.74) is 4.65. The molecule has 1 aliphatic carbocycles. The van der Waals surface area contributed by atoms with Crippen LogP contribution >= 0.6 is 11.3 Å². The molecule has 3 rings (SSSR count). The molecule has 1 nitrogen and oxygen atoms in total. The summed E-state index contributed by atoms with van der Waals surface area (Å²) < 4.78 is 0. The highest BCUT2D eigenvalue weighted by Crippen LogP contribution is 2.37. The molecule has 2 aromatic rings. The van der Waals surface area contributed by atoms with E-state index in [1.54, 1.807) is 11.1 Å². The molecular weight excluding hydrogens is 274 g/mol. The number of hydrogen-bond donors (Lipinski definition) is 1. The van der Waals surface area contributed by atoms with Crippen LogP contribution in [-0.4, -0.2) is 6.54 Å². The molecule has 1 heterocycles. The number of nitrogens with one attached hydrogen (secondary N) is 1. The molecule has 0 amide bonds. The molecule has 21 heavy (non-hydrogen) atoms. The summed E-state index contributed by atoms with van der Waals surface area (Å²) in [6.45, 7) is 7.75. The predicted octanol–water partition coefficient (Wildman–Crippen LogP) is 4.82. The molecule has 2 unspecified atom stereocenters. The van der Waals surface area contributed by atoms with Gasteiger partial charge >= 0.3 is 0 Å². The van der Waals surface area contributed by atoms with Crippen LogP contribution in [0.15, 0.2) is 30.3 Å². The highest BCUT2D eigenvalue weighted by Gasteiger charge is 2.28. The number of fused-ring (bicyclic) bond motifs is 1. The van der Waals surface area contributed by atoms with Crippen LogP contribution in [0.3, 0.4) is 0 Å². The van der Waals surface area contributed by atoms with E-state index in [0.717, 1.165) is 6.54 Å². The van der Waals surface area contributed by atoms with Crippen LogP contribution in [0, 0.1) is 19.8 Å². The summed E-state index contributed by atoms with van der Waals surface area (Å²) in [5, 5.41) is 3.76. The lowest BCUT2D eigenvalue weighted by Gasteiger charge is -2.32. The van der Waals surface area contributed by atoms with E-state index >= 15 is 0 Å². The van der Waals surface area contributed by atoms with E-state index in [2.05, 4.69) is 56.4 Å². The molecule has 112 valence electrons. The second-order valence-electron chi connectivity index (χ2n) is 6.18. The van der Waals surface area contributed by atoms with Crippen molar-refractivity contribution in [2.75, 3.05) is 6.54 Å². The molecular formula is C19H25NS. The van der Waals surface area contributed by atoms with Gasteiger partial charge < -0.3 is 5.32 Å². The van der Waals surface area contributed by atoms with E-state index < -0.39 is 0 Å². The Hall–Kier alpha value is -1.12. The average molecular weight is 299 g/mol. The van der Waals surface area contributed by atoms with Gasteiger partial charge in [0.15, 0.2) is 0 Å². The van der Waals surface area contributed by atoms with E-state index in [-0.39, 0.29) is 0 Å². The Morgan fingerprint density at radius 1 is 1.24 bits per heavy atom. The predicted molar refractivity (Wildman–Crippen MR) is 92.2 cm³/mol. The van der Waals surface area contributed by atoms with Gasteiger partial charge in [0.25, 0.3) is 0 Å². The molecule has 1 aliphatic rings. The molecule has 0 radical (unpaired) electrons. The smallest absolute Gasteiger partial charge is 0.0362 e. The Morgan fingerprint density at radius 2 is 2.00 bits per heavy atom. The van der Waals surface area contributed by atoms with E-state index in [1.165, 1.54) is 34.6 Å². The van der Waals surface area contributed by atoms with Crippen LogP contribution in [-0.2, 0) is 12.8 Å². The van der Waals surface area contributed by atoms with Crippen molar-refractivity contribution in [3.05, 3.63) is 56.8 Å². The minimum atomic E-state index is 0.508. The van der Waals surface area contributed by atoms with Crippen molar-refractivity contribution in [1.82, 2.24) is 5.32 Å². The van der Waals surface area contributed by atoms with Gasteiger partial charge in [0.1, 0.15) is 0 Å². The summed E-state index contributed by atoms with van der Waals surface area (Å²) in [6.07, 6.45) is 3.73. The molecule has 0 spiro atoms. The van der Waals surface area contributed by atoms with Crippen molar-refractivity contribution in [1.29, 1.82) is 0 Å². The van der Waals surface area contributed by atoms with Gasteiger partial charge in [-0.25, -0.2) is 0 Å². The lowest BCUT2D eigenvalue weighted by atomic mass is 9.78. The third-order valence-electron chi connectivity index (χ3n) is 4.69. The summed E-state index contributed by atoms with van der Waals surface area (Å²) in [4.78, 5) is 2.92. The van der Waals surface area contributed by atoms with Crippen molar-refractivity contribution < 1.29 is 0 Å². The van der Waals surface area contributed by atoms with Crippen LogP contribution in [0.25, 0.3) is 0 Å². The van der Waals surface area contributed by atoms with Gasteiger partial charge in [0, 0.05) is 15.8 Å². The van der Waals surface area contributed by atoms with Gasteiger partial charge in [-0.1, -0.05) is 31.2 Å². The molecule has 0 bridgehead atoms. The fraction of sp³-hybridized carbons (Fsp3) is 0.474. The Morgan fingerprint density at radius 3 is 2.67 bits per heavy atom. The fourth-order valence-electron chi connectivity index (χ4n) is 3.72. The number of thiophene rings is 1. The first-order chi connectivity index (χ1) is 10.2. The first-order valence-corrected chi connectivity index (χ1v) is 8.87. The summed E-state index contributed by atoms with van der Waals surface area (Å²) in [5.74, 6) is 0.715. The lowest BCUT2D eigenvalue weighted by Crippen LogP contribution is -2.32. The maximum absolute atomic E-state index is 3.76. The van der Waals surface area contributed by atoms with Gasteiger partial charge in [0.2, 0.25) is 0 Å². The van der Waals surface area contributed by atoms with Gasteiger partial charge in [0.05, 0.1) is 0 Å². The summed E-state index contributed by atoms with van der Waals surface area (Å²) >= 11 is 1.93. The van der Waals surface area contributed by atoms with Crippen molar-refractivity contribution in [3.8, 4) is 0 Å². The molecule has 1 aromatic heterocycles. The molecule has 0 fully saturated rings. The van der Waals surface area contributed by atoms with Crippen LogP contribution in [0.5, 0.6) is 0 Å². The minimum absolute atomic E-state index is 0.508. The Labute approximate surface area is 132 Å². The summed E-state index contributed by atoms with van der Waals surface area (Å²) in [6, 6.07) is 11.9. The van der Waals surface area contributed by atoms with E-state index in [4.69, 9.17) is 0 Å². The van der Waals surface area contributed by atoms with Gasteiger partial charge in [-0.3, -0.25) is 0 Å². The Bertz CT molecular complexity index is 614. The highest BCUT2D eigenvalue weighted by atomic mass is 32.1. The third-order valence-corrected chi connectivity index (χ3v) is 5.68. The first kappa shape index (κ1) is 14.8. The maximum Gasteiger partial charge on any atom is 0.0362 e. The lowest BCUT2D eigenvalue weighted by molar-refractivity contribution is 0.330. The topological polar surface area (TPSA) is 12.0 Å². The molecule has 2 heteroatoms. The van der Waals surface area contributed by atoms with Crippen molar-refractivity contribution in [2.45, 2.75) is 46.1 Å². The van der Waals surface area contributed by atoms with E-state index in [0.29, 0.717) is 12.0 Å². The second kappa shape index (κ2) is 6.33. The van der Waals surface area contributed by atoms with Gasteiger partial charge in [-0.15, -0.1) is 11.3 Å². The summed E-state index contributed by atoms with van der Waals surface area (Å²) in [7, 11) is 0. The highest BCUT2D eigenvalue weighted by molar-refractivity contribution is 7.12. The molecule has 0 saturated heterocycles. The minimum Gasteiger partial charge on any atom is -0.310 e. The van der Waals surface area contributed by atoms with Crippen LogP contribution in [0.4, 0.5) is 0 Å². The SMILES string of the molecule is CCNC(c1cc(C)sc1C)C1CCc2ccccc2C1. The Balaban J connectivity index is 1.87. The zero-order valence-corrected chi connectivity index (χ0v) is 14.1. The fourth-order valence-corrected chi connectivity index (χ4v) is 4.69. The molecule has 2 atom stereocenters. The van der Waals surface area contributed by atoms with Crippen molar-refractivity contribution in [2.24, 2.45) is 5.92 Å². The number of benzene rings is 1. The van der Waals surface area contributed by atoms with Crippen LogP contribution in [0.1, 0.15) is 45.8 Å². The zero-order valence-electron chi connectivity index (χ0n) is 13.3. The quantitative estimate of drug-likeness (QED) is 0.853. The van der Waals surface area contributed by atoms with Crippen molar-refractivity contribution in [3.63, 3.8) is 0 Å². The zero-order chi connectivity index (χ0) is 14.8. The Kier molecular flexibility index (Phi) is 4.46. The standard InChI is InChI=1S/C19H25NS/c1-4-20-19(18-11-13(2)21-14(18)3)17-10-9-15-7-5-6-8-16(15)12-17/h5-8,11,17,19-20H,4,9-10,12H2,1-3H3. The third kappa shape index (κ3) is 3.07. The molecule has 0 aliphatic heterocycles. The first-order valence-electron chi connectivity index (χ1n) is 8.06. The molecule has 1 aromatic carbocycles. The largest absolute Gasteiger partial charge is 0.310 e. The molecule has 0 saturated carbocycles. The normalized spacial score (nSPS) is 19.3. The van der Waals surface area contributed by atoms with Crippen LogP contribution in [0.2, 0.25) is 0 Å². The number of rotatable bonds is 4. The van der Waals surface area contributed by atoms with E-state index in [9.17, 15) is 0 Å². The average Bonchev–Trinajstić information content (AvgIpc) is 2.83. The molecule has 1 N–H and O–H groups in total. The van der Waals surface area contributed by atoms with Crippen LogP contribution < -0.4 is 5.32 Å². The van der Waals surface area contributed by atoms with E-state index in [1.807, 2.05) is 11.3 Å². The maximum atomic E-state index is 3.76. The number of hydrogen-bond acceptors (Lipinski definition) is 2. The monoisotopic (exact) mass is 299 g/mol. The number of aryl methyl sites for hydroxylation is 3. The van der Waals surface area contributed by atoms with Gasteiger partial charge in [-0.05, 0) is 68.3 Å². The van der Waals surface area contributed by atoms with Crippen molar-refractivity contribution >= 4 is 11.3 Å². The second-order valence-corrected chi connectivity index (χ2v) is 7.64.